The standard InChI is InChI=1S/C47H55ClN7O7PS/c1-47(2)16-14-36(42(30-47)33-6-9-37(48)10-7-33)32-53-19-21-54(22-20-53)38-11-13-41(44(28-38)62-39-27-35-15-17-49-45(35)50-31-39)46(56)51-64(60,61)40-12-8-34(43(29-40)55(57)58)5-4-18-52-23-25-63(3,59)26-24-52/h6-13,15,17,27-29,31H,4-5,14,16,18-26,30,32H2,1-3H3,(H,49,50)(H,51,56). The Morgan fingerprint density at radius 2 is 1.73 bits per heavy atom. The van der Waals surface area contributed by atoms with Crippen LogP contribution in [0.2, 0.25) is 5.02 Å². The van der Waals surface area contributed by atoms with Crippen LogP contribution >= 0.6 is 18.7 Å². The van der Waals surface area contributed by atoms with Gasteiger partial charge in [0.2, 0.25) is 0 Å². The van der Waals surface area contributed by atoms with Gasteiger partial charge in [0.1, 0.15) is 17.1 Å². The number of carbonyl (C=O) groups excluding carboxylic acids is 1. The molecule has 2 aliphatic heterocycles. The fraction of sp³-hybridized carbons (Fsp3) is 0.404. The number of benzene rings is 3. The van der Waals surface area contributed by atoms with E-state index in [0.29, 0.717) is 48.7 Å². The number of nitro groups is 1. The molecule has 4 heterocycles. The van der Waals surface area contributed by atoms with E-state index in [9.17, 15) is 27.9 Å². The number of aryl methyl sites for hydroxylation is 1. The molecule has 64 heavy (non-hydrogen) atoms. The molecule has 0 saturated carbocycles. The molecule has 2 aromatic heterocycles. The van der Waals surface area contributed by atoms with Crippen molar-refractivity contribution in [2.75, 3.05) is 76.2 Å². The van der Waals surface area contributed by atoms with Gasteiger partial charge >= 0.3 is 0 Å². The fourth-order valence-electron chi connectivity index (χ4n) is 8.95. The molecule has 0 radical (unpaired) electrons. The van der Waals surface area contributed by atoms with E-state index in [-0.39, 0.29) is 22.4 Å². The topological polar surface area (TPSA) is 171 Å². The summed E-state index contributed by atoms with van der Waals surface area (Å²) in [6.07, 6.45) is 8.76. The van der Waals surface area contributed by atoms with Crippen molar-refractivity contribution in [1.29, 1.82) is 0 Å². The zero-order chi connectivity index (χ0) is 45.2. The van der Waals surface area contributed by atoms with Gasteiger partial charge in [-0.2, -0.15) is 0 Å². The highest BCUT2D eigenvalue weighted by Crippen LogP contribution is 2.44. The smallest absolute Gasteiger partial charge is 0.273 e. The summed E-state index contributed by atoms with van der Waals surface area (Å²) < 4.78 is 48.3. The predicted octanol–water partition coefficient (Wildman–Crippen LogP) is 9.06. The number of aromatic nitrogens is 2. The van der Waals surface area contributed by atoms with Gasteiger partial charge < -0.3 is 24.1 Å². The molecule has 17 heteroatoms. The molecule has 2 N–H and O–H groups in total. The molecule has 0 unspecified atom stereocenters. The number of nitro benzene ring substituents is 1. The molecular weight excluding hydrogens is 873 g/mol. The number of hydrogen-bond acceptors (Lipinski definition) is 11. The zero-order valence-electron chi connectivity index (χ0n) is 36.5. The van der Waals surface area contributed by atoms with Crippen LogP contribution in [0.3, 0.4) is 0 Å². The van der Waals surface area contributed by atoms with Gasteiger partial charge in [-0.15, -0.1) is 0 Å². The lowest BCUT2D eigenvalue weighted by atomic mass is 9.72. The van der Waals surface area contributed by atoms with Gasteiger partial charge in [0.25, 0.3) is 21.6 Å². The maximum absolute atomic E-state index is 14.0. The van der Waals surface area contributed by atoms with Gasteiger partial charge in [0, 0.05) is 98.1 Å². The van der Waals surface area contributed by atoms with Crippen LogP contribution in [0.1, 0.15) is 61.0 Å². The van der Waals surface area contributed by atoms with Crippen molar-refractivity contribution in [1.82, 2.24) is 24.5 Å². The number of ether oxygens (including phenoxy) is 1. The van der Waals surface area contributed by atoms with E-state index in [1.807, 2.05) is 24.9 Å². The molecule has 2 fully saturated rings. The third-order valence-electron chi connectivity index (χ3n) is 12.8. The number of nitrogens with one attached hydrogen (secondary N) is 2. The number of nitrogens with zero attached hydrogens (tertiary/aromatic N) is 5. The van der Waals surface area contributed by atoms with E-state index in [2.05, 4.69) is 55.4 Å². The third kappa shape index (κ3) is 10.9. The van der Waals surface area contributed by atoms with E-state index < -0.39 is 32.9 Å². The Morgan fingerprint density at radius 3 is 2.47 bits per heavy atom. The minimum absolute atomic E-state index is 0.0368. The van der Waals surface area contributed by atoms with Crippen LogP contribution in [0.15, 0.2) is 95.7 Å². The van der Waals surface area contributed by atoms with E-state index in [1.54, 1.807) is 30.5 Å². The fourth-order valence-corrected chi connectivity index (χ4v) is 11.7. The molecule has 8 rings (SSSR count). The highest BCUT2D eigenvalue weighted by molar-refractivity contribution is 7.90. The van der Waals surface area contributed by atoms with Crippen molar-refractivity contribution in [3.8, 4) is 11.5 Å². The Hall–Kier alpha value is -5.05. The number of sulfonamides is 1. The quantitative estimate of drug-likeness (QED) is 0.0619. The normalized spacial score (nSPS) is 18.3. The molecule has 0 atom stereocenters. The first kappa shape index (κ1) is 45.5. The molecule has 3 aliphatic rings. The van der Waals surface area contributed by atoms with Gasteiger partial charge in [-0.05, 0) is 104 Å². The Morgan fingerprint density at radius 1 is 0.984 bits per heavy atom. The monoisotopic (exact) mass is 927 g/mol. The first-order chi connectivity index (χ1) is 30.5. The number of piperazine rings is 1. The number of amides is 1. The van der Waals surface area contributed by atoms with Crippen molar-refractivity contribution in [2.45, 2.75) is 50.8 Å². The summed E-state index contributed by atoms with van der Waals surface area (Å²) in [7, 11) is -6.63. The average Bonchev–Trinajstić information content (AvgIpc) is 3.73. The molecule has 0 spiro atoms. The molecule has 5 aromatic rings. The number of allylic oxidation sites excluding steroid dienone is 1. The first-order valence-electron chi connectivity index (χ1n) is 21.8. The van der Waals surface area contributed by atoms with Gasteiger partial charge in [0.15, 0.2) is 0 Å². The van der Waals surface area contributed by atoms with Crippen LogP contribution in [0, 0.1) is 15.5 Å². The minimum Gasteiger partial charge on any atom is -0.455 e. The molecule has 1 aliphatic carbocycles. The van der Waals surface area contributed by atoms with Crippen molar-refractivity contribution in [2.24, 2.45) is 5.41 Å². The number of carbonyl (C=O) groups is 1. The Bertz CT molecular complexity index is 2740. The predicted molar refractivity (Wildman–Crippen MR) is 253 cm³/mol. The average molecular weight is 928 g/mol. The van der Waals surface area contributed by atoms with Crippen LogP contribution in [-0.2, 0) is 21.0 Å². The highest BCUT2D eigenvalue weighted by Gasteiger charge is 2.31. The van der Waals surface area contributed by atoms with Crippen molar-refractivity contribution in [3.63, 3.8) is 0 Å². The van der Waals surface area contributed by atoms with Gasteiger partial charge in [0.05, 0.1) is 28.7 Å². The second-order valence-electron chi connectivity index (χ2n) is 18.2. The number of aromatic amines is 1. The summed E-state index contributed by atoms with van der Waals surface area (Å²) in [6.45, 7) is 12.6. The Balaban J connectivity index is 0.981. The molecule has 14 nitrogen and oxygen atoms in total. The summed E-state index contributed by atoms with van der Waals surface area (Å²) in [5.74, 6) is -0.473. The van der Waals surface area contributed by atoms with Crippen molar-refractivity contribution >= 4 is 62.7 Å². The van der Waals surface area contributed by atoms with E-state index >= 15 is 0 Å². The van der Waals surface area contributed by atoms with Gasteiger partial charge in [-0.25, -0.2) is 18.1 Å². The van der Waals surface area contributed by atoms with Crippen LogP contribution in [0.5, 0.6) is 11.5 Å². The summed E-state index contributed by atoms with van der Waals surface area (Å²) in [5.41, 5.74) is 5.81. The van der Waals surface area contributed by atoms with Crippen molar-refractivity contribution in [3.05, 3.63) is 123 Å². The number of H-pyrrole nitrogens is 1. The molecule has 3 aromatic carbocycles. The largest absolute Gasteiger partial charge is 0.455 e. The molecule has 1 amide bonds. The van der Waals surface area contributed by atoms with E-state index in [1.165, 1.54) is 35.0 Å². The summed E-state index contributed by atoms with van der Waals surface area (Å²) in [6, 6.07) is 20.6. The molecule has 0 bridgehead atoms. The maximum Gasteiger partial charge on any atom is 0.273 e. The number of anilines is 1. The molecular formula is C47H55ClN7O7PS. The summed E-state index contributed by atoms with van der Waals surface area (Å²) in [5, 5.41) is 13.7. The lowest BCUT2D eigenvalue weighted by molar-refractivity contribution is -0.385. The van der Waals surface area contributed by atoms with E-state index in [0.717, 1.165) is 87.2 Å². The number of pyridine rings is 1. The van der Waals surface area contributed by atoms with Crippen LogP contribution < -0.4 is 14.4 Å². The maximum atomic E-state index is 14.0. The molecule has 338 valence electrons. The summed E-state index contributed by atoms with van der Waals surface area (Å²) >= 11 is 6.24. The second-order valence-corrected chi connectivity index (χ2v) is 23.8. The Kier molecular flexibility index (Phi) is 13.4. The van der Waals surface area contributed by atoms with Crippen LogP contribution in [-0.4, -0.2) is 110 Å². The highest BCUT2D eigenvalue weighted by atomic mass is 35.5. The van der Waals surface area contributed by atoms with Gasteiger partial charge in [-0.3, -0.25) is 19.8 Å². The number of fused-ring (bicyclic) bond motifs is 1. The lowest BCUT2D eigenvalue weighted by Gasteiger charge is -2.39. The molecule has 2 saturated heterocycles. The van der Waals surface area contributed by atoms with Crippen LogP contribution in [0.4, 0.5) is 11.4 Å². The number of rotatable bonds is 14. The third-order valence-corrected chi connectivity index (χ3v) is 16.7. The van der Waals surface area contributed by atoms with Gasteiger partial charge in [-0.1, -0.05) is 49.2 Å². The zero-order valence-corrected chi connectivity index (χ0v) is 39.0. The lowest BCUT2D eigenvalue weighted by Crippen LogP contribution is -2.47. The first-order valence-corrected chi connectivity index (χ1v) is 26.2. The van der Waals surface area contributed by atoms with Crippen molar-refractivity contribution < 1.29 is 27.4 Å². The second kappa shape index (κ2) is 18.8. The Labute approximate surface area is 379 Å². The number of hydrogen-bond donors (Lipinski definition) is 2. The number of halogens is 1. The van der Waals surface area contributed by atoms with Crippen LogP contribution in [0.25, 0.3) is 16.6 Å². The van der Waals surface area contributed by atoms with E-state index in [4.69, 9.17) is 16.3 Å². The summed E-state index contributed by atoms with van der Waals surface area (Å²) in [4.78, 5) is 39.5. The minimum atomic E-state index is -4.56. The SMILES string of the molecule is CC1(C)CCC(CN2CCN(c3ccc(C(=O)NS(=O)(=O)c4ccc(CCCN5CCP(C)(=O)CC5)c([N+](=O)[O-])c4)c(Oc4cnc5[nH]ccc5c4)c3)CC2)=C(c2ccc(Cl)cc2)C1.